The number of nitrogens with zero attached hydrogens (tertiary/aromatic N) is 2. The Bertz CT molecular complexity index is 407. The van der Waals surface area contributed by atoms with Gasteiger partial charge in [-0.1, -0.05) is 6.92 Å². The molecule has 0 saturated carbocycles. The van der Waals surface area contributed by atoms with Gasteiger partial charge in [0.25, 0.3) is 0 Å². The standard InChI is InChI=1S/C13H22IN3O/c1-6-9-10(14)11(15-7-2)17-12(16-9)13(4,5)18-8-3/h6-8H2,1-5H3,(H,15,16,17). The molecule has 1 N–H and O–H groups in total. The molecule has 1 heterocycles. The number of hydrogen-bond donors (Lipinski definition) is 1. The van der Waals surface area contributed by atoms with E-state index in [4.69, 9.17) is 4.74 Å². The molecule has 0 aliphatic carbocycles. The predicted molar refractivity (Wildman–Crippen MR) is 82.9 cm³/mol. The summed E-state index contributed by atoms with van der Waals surface area (Å²) in [6.45, 7) is 11.7. The lowest BCUT2D eigenvalue weighted by Gasteiger charge is -2.24. The first-order chi connectivity index (χ1) is 8.46. The normalized spacial score (nSPS) is 11.7. The Hall–Kier alpha value is -0.430. The highest BCUT2D eigenvalue weighted by molar-refractivity contribution is 14.1. The summed E-state index contributed by atoms with van der Waals surface area (Å²) >= 11 is 2.30. The molecular formula is C13H22IN3O. The first-order valence-corrected chi connectivity index (χ1v) is 7.48. The number of aromatic nitrogens is 2. The van der Waals surface area contributed by atoms with Gasteiger partial charge in [0.05, 0.1) is 9.26 Å². The van der Waals surface area contributed by atoms with E-state index in [0.717, 1.165) is 33.9 Å². The van der Waals surface area contributed by atoms with E-state index < -0.39 is 5.60 Å². The van der Waals surface area contributed by atoms with Gasteiger partial charge >= 0.3 is 0 Å². The smallest absolute Gasteiger partial charge is 0.162 e. The van der Waals surface area contributed by atoms with Crippen LogP contribution >= 0.6 is 22.6 Å². The van der Waals surface area contributed by atoms with E-state index >= 15 is 0 Å². The van der Waals surface area contributed by atoms with Gasteiger partial charge in [0.1, 0.15) is 11.4 Å². The minimum Gasteiger partial charge on any atom is -0.369 e. The second-order valence-corrected chi connectivity index (χ2v) is 5.56. The number of ether oxygens (including phenoxy) is 1. The number of rotatable bonds is 6. The van der Waals surface area contributed by atoms with Gasteiger partial charge in [0, 0.05) is 13.2 Å². The van der Waals surface area contributed by atoms with Crippen molar-refractivity contribution in [3.05, 3.63) is 15.1 Å². The van der Waals surface area contributed by atoms with E-state index in [1.54, 1.807) is 0 Å². The van der Waals surface area contributed by atoms with Crippen LogP contribution in [0.5, 0.6) is 0 Å². The Balaban J connectivity index is 3.24. The molecule has 0 bridgehead atoms. The lowest BCUT2D eigenvalue weighted by molar-refractivity contribution is -0.0208. The number of anilines is 1. The fourth-order valence-electron chi connectivity index (χ4n) is 1.71. The van der Waals surface area contributed by atoms with Crippen LogP contribution in [0.15, 0.2) is 0 Å². The second-order valence-electron chi connectivity index (χ2n) is 4.48. The Morgan fingerprint density at radius 3 is 2.39 bits per heavy atom. The van der Waals surface area contributed by atoms with Gasteiger partial charge < -0.3 is 10.1 Å². The summed E-state index contributed by atoms with van der Waals surface area (Å²) in [6, 6.07) is 0. The van der Waals surface area contributed by atoms with Gasteiger partial charge in [-0.3, -0.25) is 0 Å². The molecule has 5 heteroatoms. The molecule has 0 saturated heterocycles. The molecule has 0 unspecified atom stereocenters. The van der Waals surface area contributed by atoms with Crippen molar-refractivity contribution < 1.29 is 4.74 Å². The zero-order valence-electron chi connectivity index (χ0n) is 11.8. The number of aryl methyl sites for hydroxylation is 1. The van der Waals surface area contributed by atoms with Gasteiger partial charge in [0.2, 0.25) is 0 Å². The van der Waals surface area contributed by atoms with E-state index in [2.05, 4.69) is 51.7 Å². The minimum atomic E-state index is -0.451. The van der Waals surface area contributed by atoms with Gasteiger partial charge in [0.15, 0.2) is 5.82 Å². The van der Waals surface area contributed by atoms with Crippen molar-refractivity contribution in [1.29, 1.82) is 0 Å². The Kier molecular flexibility index (Phi) is 5.78. The molecule has 18 heavy (non-hydrogen) atoms. The third-order valence-corrected chi connectivity index (χ3v) is 3.78. The van der Waals surface area contributed by atoms with Crippen LogP contribution < -0.4 is 5.32 Å². The molecule has 1 aromatic heterocycles. The van der Waals surface area contributed by atoms with E-state index in [-0.39, 0.29) is 0 Å². The van der Waals surface area contributed by atoms with Crippen LogP contribution in [-0.4, -0.2) is 23.1 Å². The van der Waals surface area contributed by atoms with Crippen LogP contribution in [0.2, 0.25) is 0 Å². The summed E-state index contributed by atoms with van der Waals surface area (Å²) in [5, 5.41) is 3.29. The highest BCUT2D eigenvalue weighted by atomic mass is 127. The van der Waals surface area contributed by atoms with Crippen LogP contribution in [0.4, 0.5) is 5.82 Å². The summed E-state index contributed by atoms with van der Waals surface area (Å²) < 4.78 is 6.84. The lowest BCUT2D eigenvalue weighted by Crippen LogP contribution is -2.26. The average molecular weight is 363 g/mol. The molecule has 0 radical (unpaired) electrons. The molecule has 0 atom stereocenters. The van der Waals surface area contributed by atoms with Crippen molar-refractivity contribution in [1.82, 2.24) is 9.97 Å². The van der Waals surface area contributed by atoms with E-state index in [1.165, 1.54) is 0 Å². The third-order valence-electron chi connectivity index (χ3n) is 2.64. The average Bonchev–Trinajstić information content (AvgIpc) is 2.31. The van der Waals surface area contributed by atoms with Crippen LogP contribution in [0.1, 0.15) is 46.1 Å². The largest absolute Gasteiger partial charge is 0.369 e. The van der Waals surface area contributed by atoms with E-state index in [1.807, 2.05) is 20.8 Å². The summed E-state index contributed by atoms with van der Waals surface area (Å²) in [5.74, 6) is 1.66. The Labute approximate surface area is 123 Å². The summed E-state index contributed by atoms with van der Waals surface area (Å²) in [6.07, 6.45) is 0.897. The molecule has 4 nitrogen and oxygen atoms in total. The highest BCUT2D eigenvalue weighted by Gasteiger charge is 2.26. The maximum atomic E-state index is 5.73. The molecule has 0 aliphatic rings. The molecule has 1 rings (SSSR count). The highest BCUT2D eigenvalue weighted by Crippen LogP contribution is 2.26. The maximum Gasteiger partial charge on any atom is 0.162 e. The van der Waals surface area contributed by atoms with Crippen molar-refractivity contribution in [2.45, 2.75) is 46.6 Å². The minimum absolute atomic E-state index is 0.451. The van der Waals surface area contributed by atoms with Crippen molar-refractivity contribution in [2.75, 3.05) is 18.5 Å². The van der Waals surface area contributed by atoms with Gasteiger partial charge in [-0.05, 0) is 56.7 Å². The monoisotopic (exact) mass is 363 g/mol. The molecular weight excluding hydrogens is 341 g/mol. The van der Waals surface area contributed by atoms with Crippen molar-refractivity contribution in [3.8, 4) is 0 Å². The number of nitrogens with one attached hydrogen (secondary N) is 1. The molecule has 0 amide bonds. The fourth-order valence-corrected chi connectivity index (χ4v) is 2.52. The Morgan fingerprint density at radius 2 is 1.89 bits per heavy atom. The summed E-state index contributed by atoms with van der Waals surface area (Å²) in [4.78, 5) is 9.25. The fraction of sp³-hybridized carbons (Fsp3) is 0.692. The molecule has 0 spiro atoms. The summed E-state index contributed by atoms with van der Waals surface area (Å²) in [7, 11) is 0. The zero-order valence-corrected chi connectivity index (χ0v) is 14.0. The van der Waals surface area contributed by atoms with Crippen molar-refractivity contribution >= 4 is 28.4 Å². The number of hydrogen-bond acceptors (Lipinski definition) is 4. The van der Waals surface area contributed by atoms with E-state index in [9.17, 15) is 0 Å². The lowest BCUT2D eigenvalue weighted by atomic mass is 10.1. The third kappa shape index (κ3) is 3.54. The predicted octanol–water partition coefficient (Wildman–Crippen LogP) is 3.35. The SMILES string of the molecule is CCNc1nc(C(C)(C)OCC)nc(CC)c1I. The molecule has 0 aliphatic heterocycles. The van der Waals surface area contributed by atoms with Crippen LogP contribution in [-0.2, 0) is 16.8 Å². The summed E-state index contributed by atoms with van der Waals surface area (Å²) in [5.41, 5.74) is 0.622. The second kappa shape index (κ2) is 6.65. The Morgan fingerprint density at radius 1 is 1.22 bits per heavy atom. The van der Waals surface area contributed by atoms with Crippen LogP contribution in [0, 0.1) is 3.57 Å². The molecule has 1 aromatic rings. The number of halogens is 1. The zero-order chi connectivity index (χ0) is 13.8. The van der Waals surface area contributed by atoms with Crippen molar-refractivity contribution in [3.63, 3.8) is 0 Å². The van der Waals surface area contributed by atoms with Crippen LogP contribution in [0.25, 0.3) is 0 Å². The quantitative estimate of drug-likeness (QED) is 0.788. The van der Waals surface area contributed by atoms with Gasteiger partial charge in [-0.15, -0.1) is 0 Å². The topological polar surface area (TPSA) is 47.0 Å². The van der Waals surface area contributed by atoms with Crippen molar-refractivity contribution in [2.24, 2.45) is 0 Å². The molecule has 0 aromatic carbocycles. The van der Waals surface area contributed by atoms with Gasteiger partial charge in [-0.25, -0.2) is 9.97 Å². The maximum absolute atomic E-state index is 5.73. The first-order valence-electron chi connectivity index (χ1n) is 6.40. The first kappa shape index (κ1) is 15.6. The molecule has 102 valence electrons. The van der Waals surface area contributed by atoms with Crippen LogP contribution in [0.3, 0.4) is 0 Å². The van der Waals surface area contributed by atoms with E-state index in [0.29, 0.717) is 6.61 Å². The molecule has 0 fully saturated rings. The van der Waals surface area contributed by atoms with Gasteiger partial charge in [-0.2, -0.15) is 0 Å².